The fraction of sp³-hybridized carbons (Fsp3) is 0. The Bertz CT molecular complexity index is 491. The molecule has 0 saturated carbocycles. The molecule has 0 aliphatic heterocycles. The predicted molar refractivity (Wildman–Crippen MR) is 60.9 cm³/mol. The van der Waals surface area contributed by atoms with E-state index < -0.39 is 0 Å². The number of carbonyl (C=O) groups is 1. The van der Waals surface area contributed by atoms with Gasteiger partial charge in [0.25, 0.3) is 5.91 Å². The average molecular weight is 257 g/mol. The van der Waals surface area contributed by atoms with Gasteiger partial charge < -0.3 is 9.84 Å². The van der Waals surface area contributed by atoms with E-state index in [1.54, 1.807) is 18.2 Å². The molecule has 1 heterocycles. The quantitative estimate of drug-likeness (QED) is 0.898. The molecule has 6 heteroatoms. The third-order valence-corrected chi connectivity index (χ3v) is 2.25. The number of carbonyl (C=O) groups excluding carboxylic acids is 1. The molecule has 1 aromatic heterocycles. The Hall–Kier alpha value is -1.52. The number of amides is 1. The normalized spacial score (nSPS) is 10.1. The van der Waals surface area contributed by atoms with E-state index in [1.165, 1.54) is 12.5 Å². The van der Waals surface area contributed by atoms with Gasteiger partial charge in [0, 0.05) is 15.7 Å². The van der Waals surface area contributed by atoms with E-state index in [4.69, 9.17) is 23.2 Å². The molecule has 0 aliphatic carbocycles. The van der Waals surface area contributed by atoms with E-state index in [2.05, 4.69) is 15.0 Å². The summed E-state index contributed by atoms with van der Waals surface area (Å²) in [4.78, 5) is 11.6. The van der Waals surface area contributed by atoms with Crippen LogP contribution in [0.5, 0.6) is 0 Å². The molecule has 0 unspecified atom stereocenters. The summed E-state index contributed by atoms with van der Waals surface area (Å²) < 4.78 is 4.56. The highest BCUT2D eigenvalue weighted by Crippen LogP contribution is 2.22. The highest BCUT2D eigenvalue weighted by Gasteiger charge is 2.08. The summed E-state index contributed by atoms with van der Waals surface area (Å²) in [5, 5.41) is 6.95. The van der Waals surface area contributed by atoms with Crippen LogP contribution in [0.15, 0.2) is 35.2 Å². The van der Waals surface area contributed by atoms with Crippen molar-refractivity contribution in [3.05, 3.63) is 46.3 Å². The minimum absolute atomic E-state index is 0.330. The molecule has 16 heavy (non-hydrogen) atoms. The van der Waals surface area contributed by atoms with Gasteiger partial charge in [-0.2, -0.15) is 0 Å². The Kier molecular flexibility index (Phi) is 3.12. The summed E-state index contributed by atoms with van der Waals surface area (Å²) in [5.41, 5.74) is 0.847. The summed E-state index contributed by atoms with van der Waals surface area (Å²) in [5.74, 6) is -0.334. The summed E-state index contributed by atoms with van der Waals surface area (Å²) >= 11 is 11.6. The van der Waals surface area contributed by atoms with E-state index in [1.807, 2.05) is 0 Å². The SMILES string of the molecule is O=C(Nc1cc(Cl)cc(Cl)c1)c1cnoc1. The molecule has 0 fully saturated rings. The third-order valence-electron chi connectivity index (χ3n) is 1.81. The zero-order valence-corrected chi connectivity index (χ0v) is 9.42. The van der Waals surface area contributed by atoms with E-state index in [0.717, 1.165) is 0 Å². The lowest BCUT2D eigenvalue weighted by atomic mass is 10.3. The van der Waals surface area contributed by atoms with Crippen LogP contribution in [-0.4, -0.2) is 11.1 Å². The second-order valence-electron chi connectivity index (χ2n) is 3.03. The number of nitrogens with zero attached hydrogens (tertiary/aromatic N) is 1. The molecule has 1 amide bonds. The topological polar surface area (TPSA) is 55.1 Å². The largest absolute Gasteiger partial charge is 0.364 e. The van der Waals surface area contributed by atoms with E-state index in [9.17, 15) is 4.79 Å². The number of aromatic nitrogens is 1. The maximum absolute atomic E-state index is 11.6. The van der Waals surface area contributed by atoms with Gasteiger partial charge in [0.2, 0.25) is 0 Å². The summed E-state index contributed by atoms with van der Waals surface area (Å²) in [7, 11) is 0. The molecule has 0 atom stereocenters. The molecule has 0 saturated heterocycles. The molecule has 4 nitrogen and oxygen atoms in total. The number of halogens is 2. The number of hydrogen-bond donors (Lipinski definition) is 1. The van der Waals surface area contributed by atoms with E-state index in [-0.39, 0.29) is 5.91 Å². The van der Waals surface area contributed by atoms with Gasteiger partial charge in [0.05, 0.1) is 11.8 Å². The molecule has 1 N–H and O–H groups in total. The van der Waals surface area contributed by atoms with Crippen molar-refractivity contribution in [2.24, 2.45) is 0 Å². The van der Waals surface area contributed by atoms with E-state index in [0.29, 0.717) is 21.3 Å². The van der Waals surface area contributed by atoms with Crippen LogP contribution in [0, 0.1) is 0 Å². The fourth-order valence-electron chi connectivity index (χ4n) is 1.15. The number of benzene rings is 1. The van der Waals surface area contributed by atoms with Crippen molar-refractivity contribution in [3.8, 4) is 0 Å². The Balaban J connectivity index is 2.18. The van der Waals surface area contributed by atoms with Crippen molar-refractivity contribution in [1.82, 2.24) is 5.16 Å². The minimum atomic E-state index is -0.334. The Morgan fingerprint density at radius 3 is 2.50 bits per heavy atom. The Labute approximate surface area is 101 Å². The summed E-state index contributed by atoms with van der Waals surface area (Å²) in [6, 6.07) is 4.77. The standard InChI is InChI=1S/C10H6Cl2N2O2/c11-7-1-8(12)3-9(2-7)14-10(15)6-4-13-16-5-6/h1-5H,(H,14,15). The number of anilines is 1. The van der Waals surface area contributed by atoms with Crippen LogP contribution in [0.3, 0.4) is 0 Å². The van der Waals surface area contributed by atoms with Gasteiger partial charge in [-0.3, -0.25) is 4.79 Å². The molecular formula is C10H6Cl2N2O2. The van der Waals surface area contributed by atoms with Crippen molar-refractivity contribution < 1.29 is 9.32 Å². The lowest BCUT2D eigenvalue weighted by Gasteiger charge is -2.04. The maximum Gasteiger partial charge on any atom is 0.260 e. The number of nitrogens with one attached hydrogen (secondary N) is 1. The summed E-state index contributed by atoms with van der Waals surface area (Å²) in [6.45, 7) is 0. The highest BCUT2D eigenvalue weighted by atomic mass is 35.5. The van der Waals surface area contributed by atoms with Crippen LogP contribution in [0.25, 0.3) is 0 Å². The second kappa shape index (κ2) is 4.55. The van der Waals surface area contributed by atoms with E-state index >= 15 is 0 Å². The van der Waals surface area contributed by atoms with Crippen molar-refractivity contribution >= 4 is 34.8 Å². The number of hydrogen-bond acceptors (Lipinski definition) is 3. The van der Waals surface area contributed by atoms with Crippen LogP contribution >= 0.6 is 23.2 Å². The van der Waals surface area contributed by atoms with Crippen molar-refractivity contribution in [3.63, 3.8) is 0 Å². The van der Waals surface area contributed by atoms with Gasteiger partial charge in [-0.25, -0.2) is 0 Å². The molecule has 0 bridgehead atoms. The Morgan fingerprint density at radius 2 is 1.94 bits per heavy atom. The Morgan fingerprint density at radius 1 is 1.25 bits per heavy atom. The van der Waals surface area contributed by atoms with Crippen LogP contribution in [-0.2, 0) is 0 Å². The predicted octanol–water partition coefficient (Wildman–Crippen LogP) is 3.23. The molecule has 2 rings (SSSR count). The number of rotatable bonds is 2. The lowest BCUT2D eigenvalue weighted by Crippen LogP contribution is -2.10. The molecule has 1 aromatic carbocycles. The molecule has 0 aliphatic rings. The molecule has 2 aromatic rings. The molecule has 0 spiro atoms. The monoisotopic (exact) mass is 256 g/mol. The highest BCUT2D eigenvalue weighted by molar-refractivity contribution is 6.35. The molecule has 82 valence electrons. The lowest BCUT2D eigenvalue weighted by molar-refractivity contribution is 0.102. The zero-order valence-electron chi connectivity index (χ0n) is 7.91. The first-order valence-corrected chi connectivity index (χ1v) is 5.07. The second-order valence-corrected chi connectivity index (χ2v) is 3.90. The van der Waals surface area contributed by atoms with Gasteiger partial charge in [0.1, 0.15) is 6.26 Å². The van der Waals surface area contributed by atoms with Crippen molar-refractivity contribution in [2.45, 2.75) is 0 Å². The van der Waals surface area contributed by atoms with Gasteiger partial charge in [-0.1, -0.05) is 28.4 Å². The molecular weight excluding hydrogens is 251 g/mol. The van der Waals surface area contributed by atoms with Crippen molar-refractivity contribution in [2.75, 3.05) is 5.32 Å². The maximum atomic E-state index is 11.6. The molecule has 0 radical (unpaired) electrons. The van der Waals surface area contributed by atoms with Gasteiger partial charge >= 0.3 is 0 Å². The van der Waals surface area contributed by atoms with Crippen molar-refractivity contribution in [1.29, 1.82) is 0 Å². The van der Waals surface area contributed by atoms with Crippen LogP contribution < -0.4 is 5.32 Å². The fourth-order valence-corrected chi connectivity index (χ4v) is 1.67. The van der Waals surface area contributed by atoms with Crippen LogP contribution in [0.1, 0.15) is 10.4 Å². The van der Waals surface area contributed by atoms with Gasteiger partial charge in [-0.15, -0.1) is 0 Å². The minimum Gasteiger partial charge on any atom is -0.364 e. The first-order valence-electron chi connectivity index (χ1n) is 4.32. The zero-order chi connectivity index (χ0) is 11.5. The summed E-state index contributed by atoms with van der Waals surface area (Å²) in [6.07, 6.45) is 2.57. The third kappa shape index (κ3) is 2.53. The van der Waals surface area contributed by atoms with Gasteiger partial charge in [-0.05, 0) is 18.2 Å². The van der Waals surface area contributed by atoms with Gasteiger partial charge in [0.15, 0.2) is 0 Å². The smallest absolute Gasteiger partial charge is 0.260 e. The van der Waals surface area contributed by atoms with Crippen LogP contribution in [0.4, 0.5) is 5.69 Å². The first kappa shape index (κ1) is 11.0. The average Bonchev–Trinajstić information content (AvgIpc) is 2.68. The first-order chi connectivity index (χ1) is 7.65. The van der Waals surface area contributed by atoms with Crippen LogP contribution in [0.2, 0.25) is 10.0 Å².